The molecule has 0 radical (unpaired) electrons. The van der Waals surface area contributed by atoms with Gasteiger partial charge < -0.3 is 9.47 Å². The van der Waals surface area contributed by atoms with Crippen LogP contribution in [0.5, 0.6) is 5.75 Å². The molecule has 1 aliphatic rings. The quantitative estimate of drug-likeness (QED) is 0.798. The number of carbonyl (C=O) groups is 1. The number of carbonyl (C=O) groups excluding carboxylic acids is 1. The van der Waals surface area contributed by atoms with Gasteiger partial charge in [0.2, 0.25) is 0 Å². The Hall–Kier alpha value is -2.81. The molecule has 0 saturated heterocycles. The lowest BCUT2D eigenvalue weighted by molar-refractivity contribution is -0.141. The summed E-state index contributed by atoms with van der Waals surface area (Å²) in [5.74, 6) is 0.498. The summed E-state index contributed by atoms with van der Waals surface area (Å²) < 4.78 is 10.5. The molecule has 1 heterocycles. The fraction of sp³-hybridized carbons (Fsp3) is 0.150. The van der Waals surface area contributed by atoms with Crippen LogP contribution in [0.25, 0.3) is 11.6 Å². The highest BCUT2D eigenvalue weighted by Crippen LogP contribution is 2.27. The van der Waals surface area contributed by atoms with Gasteiger partial charge in [-0.05, 0) is 34.9 Å². The molecule has 0 aromatic heterocycles. The van der Waals surface area contributed by atoms with E-state index in [1.54, 1.807) is 13.2 Å². The molecule has 0 N–H and O–H groups in total. The second kappa shape index (κ2) is 6.97. The topological polar surface area (TPSA) is 35.5 Å². The van der Waals surface area contributed by atoms with E-state index in [1.165, 1.54) is 0 Å². The van der Waals surface area contributed by atoms with Crippen LogP contribution in [0.4, 0.5) is 0 Å². The fourth-order valence-corrected chi connectivity index (χ4v) is 2.54. The Morgan fingerprint density at radius 1 is 1.09 bits per heavy atom. The average Bonchev–Trinajstić information content (AvgIpc) is 2.60. The van der Waals surface area contributed by atoms with Gasteiger partial charge >= 0.3 is 5.97 Å². The smallest absolute Gasteiger partial charge is 0.331 e. The van der Waals surface area contributed by atoms with Crippen LogP contribution < -0.4 is 4.74 Å². The zero-order valence-corrected chi connectivity index (χ0v) is 12.9. The predicted octanol–water partition coefficient (Wildman–Crippen LogP) is 4.11. The molecule has 3 heteroatoms. The SMILES string of the molecule is COc1ccc(C2=CC(=O)OC(/C=C/c3ccccc3)C2)cc1. The second-order valence-corrected chi connectivity index (χ2v) is 5.35. The summed E-state index contributed by atoms with van der Waals surface area (Å²) in [7, 11) is 1.64. The zero-order chi connectivity index (χ0) is 16.1. The third kappa shape index (κ3) is 3.89. The first-order valence-electron chi connectivity index (χ1n) is 7.53. The maximum Gasteiger partial charge on any atom is 0.331 e. The molecule has 2 aromatic carbocycles. The molecule has 1 aliphatic heterocycles. The molecule has 116 valence electrons. The van der Waals surface area contributed by atoms with Gasteiger partial charge in [-0.2, -0.15) is 0 Å². The van der Waals surface area contributed by atoms with Gasteiger partial charge in [0, 0.05) is 12.5 Å². The Labute approximate surface area is 135 Å². The Morgan fingerprint density at radius 2 is 1.83 bits per heavy atom. The molecule has 2 aromatic rings. The summed E-state index contributed by atoms with van der Waals surface area (Å²) in [5, 5.41) is 0. The molecule has 23 heavy (non-hydrogen) atoms. The molecule has 0 bridgehead atoms. The minimum atomic E-state index is -0.301. The number of rotatable bonds is 4. The van der Waals surface area contributed by atoms with E-state index < -0.39 is 0 Å². The van der Waals surface area contributed by atoms with Crippen molar-refractivity contribution in [2.45, 2.75) is 12.5 Å². The molecule has 0 saturated carbocycles. The summed E-state index contributed by atoms with van der Waals surface area (Å²) in [6, 6.07) is 17.7. The molecule has 0 amide bonds. The third-order valence-electron chi connectivity index (χ3n) is 3.74. The van der Waals surface area contributed by atoms with Crippen molar-refractivity contribution in [2.24, 2.45) is 0 Å². The number of ether oxygens (including phenoxy) is 2. The van der Waals surface area contributed by atoms with Crippen LogP contribution in [0.3, 0.4) is 0 Å². The van der Waals surface area contributed by atoms with E-state index in [0.717, 1.165) is 22.4 Å². The summed E-state index contributed by atoms with van der Waals surface area (Å²) in [5.41, 5.74) is 3.08. The molecular formula is C20H18O3. The van der Waals surface area contributed by atoms with E-state index in [4.69, 9.17) is 9.47 Å². The largest absolute Gasteiger partial charge is 0.497 e. The third-order valence-corrected chi connectivity index (χ3v) is 3.74. The molecule has 0 aliphatic carbocycles. The number of hydrogen-bond donors (Lipinski definition) is 0. The van der Waals surface area contributed by atoms with Gasteiger partial charge in [0.05, 0.1) is 7.11 Å². The first kappa shape index (κ1) is 15.1. The molecule has 3 rings (SSSR count). The van der Waals surface area contributed by atoms with Gasteiger partial charge in [-0.1, -0.05) is 48.5 Å². The van der Waals surface area contributed by atoms with Crippen LogP contribution in [0.2, 0.25) is 0 Å². The van der Waals surface area contributed by atoms with Crippen molar-refractivity contribution in [3.63, 3.8) is 0 Å². The predicted molar refractivity (Wildman–Crippen MR) is 90.9 cm³/mol. The van der Waals surface area contributed by atoms with E-state index in [9.17, 15) is 4.79 Å². The summed E-state index contributed by atoms with van der Waals surface area (Å²) in [6.45, 7) is 0. The Balaban J connectivity index is 1.75. The van der Waals surface area contributed by atoms with Crippen molar-refractivity contribution in [2.75, 3.05) is 7.11 Å². The highest BCUT2D eigenvalue weighted by Gasteiger charge is 2.20. The Bertz CT molecular complexity index is 727. The molecule has 3 nitrogen and oxygen atoms in total. The lowest BCUT2D eigenvalue weighted by Crippen LogP contribution is -2.20. The average molecular weight is 306 g/mol. The number of benzene rings is 2. The van der Waals surface area contributed by atoms with Crippen LogP contribution in [0.1, 0.15) is 17.5 Å². The van der Waals surface area contributed by atoms with Crippen molar-refractivity contribution in [1.29, 1.82) is 0 Å². The number of esters is 1. The lowest BCUT2D eigenvalue weighted by atomic mass is 9.97. The van der Waals surface area contributed by atoms with E-state index in [2.05, 4.69) is 0 Å². The van der Waals surface area contributed by atoms with Crippen molar-refractivity contribution >= 4 is 17.6 Å². The van der Waals surface area contributed by atoms with Crippen molar-refractivity contribution < 1.29 is 14.3 Å². The van der Waals surface area contributed by atoms with Crippen molar-refractivity contribution in [1.82, 2.24) is 0 Å². The lowest BCUT2D eigenvalue weighted by Gasteiger charge is -2.21. The van der Waals surface area contributed by atoms with Crippen LogP contribution >= 0.6 is 0 Å². The minimum Gasteiger partial charge on any atom is -0.497 e. The molecule has 1 unspecified atom stereocenters. The Morgan fingerprint density at radius 3 is 2.52 bits per heavy atom. The van der Waals surface area contributed by atoms with Crippen LogP contribution in [-0.4, -0.2) is 19.2 Å². The highest BCUT2D eigenvalue weighted by molar-refractivity contribution is 5.93. The van der Waals surface area contributed by atoms with Gasteiger partial charge in [0.25, 0.3) is 0 Å². The van der Waals surface area contributed by atoms with Gasteiger partial charge in [-0.3, -0.25) is 0 Å². The maximum absolute atomic E-state index is 11.8. The molecule has 0 fully saturated rings. The zero-order valence-electron chi connectivity index (χ0n) is 12.9. The van der Waals surface area contributed by atoms with Crippen LogP contribution in [-0.2, 0) is 9.53 Å². The fourth-order valence-electron chi connectivity index (χ4n) is 2.54. The molecular weight excluding hydrogens is 288 g/mol. The number of methoxy groups -OCH3 is 1. The van der Waals surface area contributed by atoms with Crippen molar-refractivity contribution in [3.05, 3.63) is 77.9 Å². The minimum absolute atomic E-state index is 0.246. The van der Waals surface area contributed by atoms with Gasteiger partial charge in [-0.25, -0.2) is 4.79 Å². The van der Waals surface area contributed by atoms with Gasteiger partial charge in [0.15, 0.2) is 0 Å². The molecule has 1 atom stereocenters. The normalized spacial score (nSPS) is 17.7. The van der Waals surface area contributed by atoms with Crippen LogP contribution in [0, 0.1) is 0 Å². The first-order chi connectivity index (χ1) is 11.2. The number of hydrogen-bond acceptors (Lipinski definition) is 3. The first-order valence-corrected chi connectivity index (χ1v) is 7.53. The van der Waals surface area contributed by atoms with Gasteiger partial charge in [-0.15, -0.1) is 0 Å². The monoisotopic (exact) mass is 306 g/mol. The van der Waals surface area contributed by atoms with E-state index in [1.807, 2.05) is 66.7 Å². The highest BCUT2D eigenvalue weighted by atomic mass is 16.5. The number of cyclic esters (lactones) is 1. The summed E-state index contributed by atoms with van der Waals surface area (Å²) in [6.07, 6.45) is 5.90. The second-order valence-electron chi connectivity index (χ2n) is 5.35. The summed E-state index contributed by atoms with van der Waals surface area (Å²) >= 11 is 0. The molecule has 0 spiro atoms. The van der Waals surface area contributed by atoms with E-state index in [0.29, 0.717) is 6.42 Å². The van der Waals surface area contributed by atoms with Crippen LogP contribution in [0.15, 0.2) is 66.7 Å². The summed E-state index contributed by atoms with van der Waals surface area (Å²) in [4.78, 5) is 11.8. The van der Waals surface area contributed by atoms with E-state index >= 15 is 0 Å². The van der Waals surface area contributed by atoms with Gasteiger partial charge in [0.1, 0.15) is 11.9 Å². The van der Waals surface area contributed by atoms with Crippen molar-refractivity contribution in [3.8, 4) is 5.75 Å². The van der Waals surface area contributed by atoms with E-state index in [-0.39, 0.29) is 12.1 Å². The standard InChI is InChI=1S/C20H18O3/c1-22-18-11-8-16(9-12-18)17-13-19(23-20(21)14-17)10-7-15-5-3-2-4-6-15/h2-12,14,19H,13H2,1H3/b10-7+. The maximum atomic E-state index is 11.8. The Kier molecular flexibility index (Phi) is 4.57.